The number of anilines is 1. The minimum absolute atomic E-state index is 0. The first-order valence-corrected chi connectivity index (χ1v) is 8.80. The van der Waals surface area contributed by atoms with Gasteiger partial charge in [0.1, 0.15) is 18.1 Å². The number of benzene rings is 1. The van der Waals surface area contributed by atoms with Gasteiger partial charge in [-0.2, -0.15) is 0 Å². The lowest BCUT2D eigenvalue weighted by Gasteiger charge is -2.13. The number of aliphatic imine (C=N–C) groups is 1. The zero-order valence-corrected chi connectivity index (χ0v) is 18.8. The van der Waals surface area contributed by atoms with E-state index in [9.17, 15) is 9.18 Å². The Balaban J connectivity index is 0.00000392. The molecule has 2 rings (SSSR count). The molecule has 0 unspecified atom stereocenters. The fraction of sp³-hybridized carbons (Fsp3) is 0.421. The van der Waals surface area contributed by atoms with Gasteiger partial charge in [0, 0.05) is 17.6 Å². The van der Waals surface area contributed by atoms with Crippen LogP contribution >= 0.6 is 24.0 Å². The average Bonchev–Trinajstić information content (AvgIpc) is 3.09. The minimum atomic E-state index is -0.356. The lowest BCUT2D eigenvalue weighted by Crippen LogP contribution is -2.37. The molecule has 1 aromatic carbocycles. The van der Waals surface area contributed by atoms with Crippen molar-refractivity contribution >= 4 is 41.5 Å². The normalized spacial score (nSPS) is 11.5. The molecule has 1 heterocycles. The maximum atomic E-state index is 12.9. The quantitative estimate of drug-likeness (QED) is 0.319. The minimum Gasteiger partial charge on any atom is -0.443 e. The topological polar surface area (TPSA) is 91.5 Å². The SMILES string of the molecule is CCNC(=NCC(=O)Nc1ccc(F)cc1)NCc1ncc(C(C)(C)C)o1.I. The Morgan fingerprint density at radius 2 is 1.89 bits per heavy atom. The largest absolute Gasteiger partial charge is 0.443 e. The van der Waals surface area contributed by atoms with E-state index >= 15 is 0 Å². The Morgan fingerprint density at radius 3 is 2.46 bits per heavy atom. The van der Waals surface area contributed by atoms with E-state index in [2.05, 4.69) is 46.7 Å². The number of halogens is 2. The first kappa shape index (κ1) is 23.9. The molecule has 1 amide bonds. The predicted octanol–water partition coefficient (Wildman–Crippen LogP) is 3.42. The number of oxazole rings is 1. The van der Waals surface area contributed by atoms with Crippen molar-refractivity contribution in [1.82, 2.24) is 15.6 Å². The fourth-order valence-electron chi connectivity index (χ4n) is 2.12. The van der Waals surface area contributed by atoms with Crippen molar-refractivity contribution in [2.24, 2.45) is 4.99 Å². The van der Waals surface area contributed by atoms with Crippen LogP contribution in [0.4, 0.5) is 10.1 Å². The summed E-state index contributed by atoms with van der Waals surface area (Å²) in [5.41, 5.74) is 0.409. The van der Waals surface area contributed by atoms with Crippen LogP contribution in [0.3, 0.4) is 0 Å². The molecule has 0 fully saturated rings. The number of guanidine groups is 1. The van der Waals surface area contributed by atoms with Gasteiger partial charge in [0.2, 0.25) is 11.8 Å². The summed E-state index contributed by atoms with van der Waals surface area (Å²) in [7, 11) is 0. The number of hydrogen-bond donors (Lipinski definition) is 3. The molecule has 0 aliphatic carbocycles. The Bertz CT molecular complexity index is 784. The number of hydrogen-bond acceptors (Lipinski definition) is 4. The van der Waals surface area contributed by atoms with Crippen LogP contribution in [0.25, 0.3) is 0 Å². The predicted molar refractivity (Wildman–Crippen MR) is 118 cm³/mol. The van der Waals surface area contributed by atoms with Gasteiger partial charge in [-0.05, 0) is 31.2 Å². The summed E-state index contributed by atoms with van der Waals surface area (Å²) in [6, 6.07) is 5.56. The maximum Gasteiger partial charge on any atom is 0.246 e. The highest BCUT2D eigenvalue weighted by molar-refractivity contribution is 14.0. The third kappa shape index (κ3) is 7.83. The fourth-order valence-corrected chi connectivity index (χ4v) is 2.12. The summed E-state index contributed by atoms with van der Waals surface area (Å²) < 4.78 is 18.6. The highest BCUT2D eigenvalue weighted by Crippen LogP contribution is 2.22. The van der Waals surface area contributed by atoms with Gasteiger partial charge in [0.15, 0.2) is 5.96 Å². The van der Waals surface area contributed by atoms with Gasteiger partial charge in [-0.25, -0.2) is 14.4 Å². The molecule has 0 spiro atoms. The van der Waals surface area contributed by atoms with Crippen molar-refractivity contribution in [1.29, 1.82) is 0 Å². The van der Waals surface area contributed by atoms with Crippen molar-refractivity contribution in [2.45, 2.75) is 39.7 Å². The second-order valence-corrected chi connectivity index (χ2v) is 6.97. The Hall–Kier alpha value is -2.17. The van der Waals surface area contributed by atoms with Crippen molar-refractivity contribution in [3.63, 3.8) is 0 Å². The summed E-state index contributed by atoms with van der Waals surface area (Å²) in [6.45, 7) is 9.00. The van der Waals surface area contributed by atoms with E-state index < -0.39 is 0 Å². The lowest BCUT2D eigenvalue weighted by atomic mass is 9.94. The number of aromatic nitrogens is 1. The van der Waals surface area contributed by atoms with E-state index in [0.717, 1.165) is 5.76 Å². The van der Waals surface area contributed by atoms with Gasteiger partial charge in [-0.3, -0.25) is 4.79 Å². The Labute approximate surface area is 181 Å². The van der Waals surface area contributed by atoms with Crippen LogP contribution in [-0.4, -0.2) is 29.9 Å². The molecule has 1 aromatic heterocycles. The number of carbonyl (C=O) groups is 1. The molecule has 28 heavy (non-hydrogen) atoms. The van der Waals surface area contributed by atoms with Gasteiger partial charge < -0.3 is 20.4 Å². The maximum absolute atomic E-state index is 12.9. The van der Waals surface area contributed by atoms with Crippen LogP contribution in [0.2, 0.25) is 0 Å². The zero-order chi connectivity index (χ0) is 19.9. The third-order valence-electron chi connectivity index (χ3n) is 3.55. The molecule has 0 radical (unpaired) electrons. The lowest BCUT2D eigenvalue weighted by molar-refractivity contribution is -0.114. The van der Waals surface area contributed by atoms with Crippen molar-refractivity contribution in [3.05, 3.63) is 47.9 Å². The van der Waals surface area contributed by atoms with E-state index in [-0.39, 0.29) is 47.7 Å². The van der Waals surface area contributed by atoms with Gasteiger partial charge in [-0.15, -0.1) is 24.0 Å². The van der Waals surface area contributed by atoms with Crippen molar-refractivity contribution in [3.8, 4) is 0 Å². The molecule has 0 aliphatic rings. The van der Waals surface area contributed by atoms with E-state index in [0.29, 0.717) is 30.6 Å². The number of amides is 1. The monoisotopic (exact) mass is 503 g/mol. The average molecular weight is 503 g/mol. The van der Waals surface area contributed by atoms with E-state index in [1.807, 2.05) is 6.92 Å². The summed E-state index contributed by atoms with van der Waals surface area (Å²) in [4.78, 5) is 20.5. The van der Waals surface area contributed by atoms with Crippen LogP contribution in [-0.2, 0) is 16.8 Å². The smallest absolute Gasteiger partial charge is 0.246 e. The highest BCUT2D eigenvalue weighted by Gasteiger charge is 2.19. The van der Waals surface area contributed by atoms with E-state index in [1.165, 1.54) is 24.3 Å². The molecule has 0 atom stereocenters. The number of rotatable bonds is 6. The standard InChI is InChI=1S/C19H26FN5O2.HI/c1-5-21-18(24-12-17-22-10-15(27-17)19(2,3)4)23-11-16(26)25-14-8-6-13(20)7-9-14;/h6-10H,5,11-12H2,1-4H3,(H,25,26)(H2,21,23,24);1H. The van der Waals surface area contributed by atoms with Crippen LogP contribution in [0, 0.1) is 5.82 Å². The number of nitrogens with zero attached hydrogens (tertiary/aromatic N) is 2. The van der Waals surface area contributed by atoms with E-state index in [4.69, 9.17) is 4.42 Å². The van der Waals surface area contributed by atoms with Gasteiger partial charge in [0.25, 0.3) is 0 Å². The zero-order valence-electron chi connectivity index (χ0n) is 16.5. The molecule has 3 N–H and O–H groups in total. The number of nitrogens with one attached hydrogen (secondary N) is 3. The van der Waals surface area contributed by atoms with Crippen LogP contribution in [0.5, 0.6) is 0 Å². The second-order valence-electron chi connectivity index (χ2n) is 6.97. The van der Waals surface area contributed by atoms with Crippen LogP contribution < -0.4 is 16.0 Å². The second kappa shape index (κ2) is 11.0. The first-order chi connectivity index (χ1) is 12.8. The van der Waals surface area contributed by atoms with Gasteiger partial charge in [-0.1, -0.05) is 20.8 Å². The van der Waals surface area contributed by atoms with E-state index in [1.54, 1.807) is 6.20 Å². The van der Waals surface area contributed by atoms with Crippen molar-refractivity contribution < 1.29 is 13.6 Å². The molecule has 2 aromatic rings. The van der Waals surface area contributed by atoms with Gasteiger partial charge in [0.05, 0.1) is 12.7 Å². The van der Waals surface area contributed by atoms with Crippen LogP contribution in [0.1, 0.15) is 39.3 Å². The van der Waals surface area contributed by atoms with Crippen molar-refractivity contribution in [2.75, 3.05) is 18.4 Å². The third-order valence-corrected chi connectivity index (χ3v) is 3.55. The summed E-state index contributed by atoms with van der Waals surface area (Å²) >= 11 is 0. The molecule has 7 nitrogen and oxygen atoms in total. The summed E-state index contributed by atoms with van der Waals surface area (Å²) in [5, 5.41) is 8.80. The van der Waals surface area contributed by atoms with Gasteiger partial charge >= 0.3 is 0 Å². The molecule has 0 aliphatic heterocycles. The molecular weight excluding hydrogens is 476 g/mol. The molecule has 0 bridgehead atoms. The summed E-state index contributed by atoms with van der Waals surface area (Å²) in [5.74, 6) is 1.17. The first-order valence-electron chi connectivity index (χ1n) is 8.80. The Morgan fingerprint density at radius 1 is 1.21 bits per heavy atom. The summed E-state index contributed by atoms with van der Waals surface area (Å²) in [6.07, 6.45) is 1.72. The molecule has 0 saturated carbocycles. The van der Waals surface area contributed by atoms with Crippen LogP contribution in [0.15, 0.2) is 39.9 Å². The molecule has 9 heteroatoms. The molecule has 154 valence electrons. The molecular formula is C19H27FIN5O2. The Kier molecular flexibility index (Phi) is 9.36. The number of carbonyl (C=O) groups excluding carboxylic acids is 1. The highest BCUT2D eigenvalue weighted by atomic mass is 127. The molecule has 0 saturated heterocycles.